The Hall–Kier alpha value is -4.04. The van der Waals surface area contributed by atoms with Crippen LogP contribution in [0.25, 0.3) is 38.8 Å². The Labute approximate surface area is 203 Å². The summed E-state index contributed by atoms with van der Waals surface area (Å²) in [6.45, 7) is 4.07. The van der Waals surface area contributed by atoms with E-state index < -0.39 is 0 Å². The molecule has 6 rings (SSSR count). The minimum absolute atomic E-state index is 0.0679. The van der Waals surface area contributed by atoms with Gasteiger partial charge in [0.05, 0.1) is 17.3 Å². The lowest BCUT2D eigenvalue weighted by Crippen LogP contribution is -2.43. The summed E-state index contributed by atoms with van der Waals surface area (Å²) in [5.41, 5.74) is 7.46. The molecular formula is C27H27N7O. The van der Waals surface area contributed by atoms with Crippen molar-refractivity contribution in [1.82, 2.24) is 34.8 Å². The molecule has 8 nitrogen and oxygen atoms in total. The molecule has 0 aromatic carbocycles. The number of aromatic amines is 1. The quantitative estimate of drug-likeness (QED) is 0.418. The Morgan fingerprint density at radius 2 is 1.94 bits per heavy atom. The van der Waals surface area contributed by atoms with Gasteiger partial charge in [-0.25, -0.2) is 9.50 Å². The normalized spacial score (nSPS) is 15.1. The predicted octanol–water partition coefficient (Wildman–Crippen LogP) is 4.07. The van der Waals surface area contributed by atoms with Crippen LogP contribution in [0.15, 0.2) is 61.4 Å². The second-order valence-electron chi connectivity index (χ2n) is 9.37. The molecule has 0 aliphatic carbocycles. The van der Waals surface area contributed by atoms with Crippen molar-refractivity contribution in [3.05, 3.63) is 72.6 Å². The molecule has 0 atom stereocenters. The second kappa shape index (κ2) is 8.63. The molecule has 0 bridgehead atoms. The number of fused-ring (bicyclic) bond motifs is 2. The Morgan fingerprint density at radius 1 is 1.09 bits per heavy atom. The predicted molar refractivity (Wildman–Crippen MR) is 136 cm³/mol. The minimum Gasteiger partial charge on any atom is -0.349 e. The minimum atomic E-state index is -0.0679. The van der Waals surface area contributed by atoms with Crippen LogP contribution >= 0.6 is 0 Å². The number of nitrogens with zero attached hydrogens (tertiary/aromatic N) is 5. The van der Waals surface area contributed by atoms with Crippen LogP contribution in [0.3, 0.4) is 0 Å². The number of likely N-dealkylation sites (tertiary alicyclic amines) is 1. The maximum Gasteiger partial charge on any atom is 0.255 e. The summed E-state index contributed by atoms with van der Waals surface area (Å²) in [4.78, 5) is 27.6. The molecule has 5 aromatic heterocycles. The van der Waals surface area contributed by atoms with Crippen LogP contribution < -0.4 is 5.32 Å². The molecule has 35 heavy (non-hydrogen) atoms. The largest absolute Gasteiger partial charge is 0.349 e. The van der Waals surface area contributed by atoms with Crippen LogP contribution in [0.1, 0.15) is 28.8 Å². The number of carbonyl (C=O) groups is 1. The van der Waals surface area contributed by atoms with Gasteiger partial charge in [-0.3, -0.25) is 9.78 Å². The van der Waals surface area contributed by atoms with Crippen molar-refractivity contribution in [2.45, 2.75) is 25.8 Å². The first kappa shape index (κ1) is 21.5. The third kappa shape index (κ3) is 3.95. The lowest BCUT2D eigenvalue weighted by molar-refractivity contribution is 0.0918. The van der Waals surface area contributed by atoms with Crippen molar-refractivity contribution in [2.24, 2.45) is 0 Å². The fourth-order valence-corrected chi connectivity index (χ4v) is 4.89. The number of amides is 1. The number of hydrogen-bond donors (Lipinski definition) is 2. The van der Waals surface area contributed by atoms with E-state index in [0.717, 1.165) is 70.3 Å². The highest BCUT2D eigenvalue weighted by molar-refractivity contribution is 6.02. The Bertz CT molecular complexity index is 1540. The molecule has 0 saturated carbocycles. The summed E-state index contributed by atoms with van der Waals surface area (Å²) in [7, 11) is 2.12. The lowest BCUT2D eigenvalue weighted by atomic mass is 10.0. The summed E-state index contributed by atoms with van der Waals surface area (Å²) in [5.74, 6) is -0.0679. The number of carbonyl (C=O) groups excluding carboxylic acids is 1. The fraction of sp³-hybridized carbons (Fsp3) is 0.259. The van der Waals surface area contributed by atoms with Gasteiger partial charge in [-0.05, 0) is 75.3 Å². The van der Waals surface area contributed by atoms with E-state index in [0.29, 0.717) is 5.56 Å². The van der Waals surface area contributed by atoms with Crippen LogP contribution in [0.5, 0.6) is 0 Å². The summed E-state index contributed by atoms with van der Waals surface area (Å²) in [6, 6.07) is 8.39. The molecule has 0 unspecified atom stereocenters. The summed E-state index contributed by atoms with van der Waals surface area (Å²) in [6.07, 6.45) is 13.0. The van der Waals surface area contributed by atoms with Gasteiger partial charge in [0.25, 0.3) is 5.91 Å². The molecule has 1 aliphatic heterocycles. The fourth-order valence-electron chi connectivity index (χ4n) is 4.89. The van der Waals surface area contributed by atoms with E-state index >= 15 is 0 Å². The van der Waals surface area contributed by atoms with Gasteiger partial charge in [-0.1, -0.05) is 0 Å². The van der Waals surface area contributed by atoms with Gasteiger partial charge in [0.1, 0.15) is 5.65 Å². The standard InChI is InChI=1S/C27H27N7O/c1-17-3-7-28-14-22(17)19-11-21-23(15-30-26(21)29-13-19)18-4-10-34-25(12-18)24(16-31-34)27(35)32-20-5-8-33(2)9-6-20/h3-4,7,10-16,20H,5-6,8-9H2,1-2H3,(H,29,30)(H,32,35). The number of aryl methyl sites for hydroxylation is 1. The Balaban J connectivity index is 1.36. The monoisotopic (exact) mass is 465 g/mol. The first-order valence-electron chi connectivity index (χ1n) is 11.9. The van der Waals surface area contributed by atoms with Gasteiger partial charge in [0.15, 0.2) is 0 Å². The van der Waals surface area contributed by atoms with E-state index in [1.165, 1.54) is 0 Å². The van der Waals surface area contributed by atoms with Crippen molar-refractivity contribution in [2.75, 3.05) is 20.1 Å². The van der Waals surface area contributed by atoms with Crippen molar-refractivity contribution in [1.29, 1.82) is 0 Å². The van der Waals surface area contributed by atoms with Crippen LogP contribution in [-0.2, 0) is 0 Å². The highest BCUT2D eigenvalue weighted by atomic mass is 16.1. The number of piperidine rings is 1. The van der Waals surface area contributed by atoms with Gasteiger partial charge in [-0.15, -0.1) is 0 Å². The third-order valence-electron chi connectivity index (χ3n) is 7.01. The van der Waals surface area contributed by atoms with E-state index in [1.807, 2.05) is 43.0 Å². The van der Waals surface area contributed by atoms with E-state index in [2.05, 4.69) is 50.3 Å². The first-order valence-corrected chi connectivity index (χ1v) is 11.9. The smallest absolute Gasteiger partial charge is 0.255 e. The molecule has 2 N–H and O–H groups in total. The van der Waals surface area contributed by atoms with Gasteiger partial charge in [0, 0.05) is 59.1 Å². The molecule has 0 spiro atoms. The zero-order valence-electron chi connectivity index (χ0n) is 19.8. The van der Waals surface area contributed by atoms with E-state index in [4.69, 9.17) is 0 Å². The number of hydrogen-bond acceptors (Lipinski definition) is 5. The molecule has 1 fully saturated rings. The number of rotatable bonds is 4. The molecule has 1 amide bonds. The third-order valence-corrected chi connectivity index (χ3v) is 7.01. The number of nitrogens with one attached hydrogen (secondary N) is 2. The van der Waals surface area contributed by atoms with E-state index in [9.17, 15) is 4.79 Å². The highest BCUT2D eigenvalue weighted by Gasteiger charge is 2.21. The van der Waals surface area contributed by atoms with E-state index in [-0.39, 0.29) is 11.9 Å². The SMILES string of the molecule is Cc1ccncc1-c1cnc2[nH]cc(-c3ccn4ncc(C(=O)NC5CCN(C)CC5)c4c3)c2c1. The highest BCUT2D eigenvalue weighted by Crippen LogP contribution is 2.32. The van der Waals surface area contributed by atoms with Crippen LogP contribution in [0.2, 0.25) is 0 Å². The topological polar surface area (TPSA) is 91.2 Å². The second-order valence-corrected chi connectivity index (χ2v) is 9.37. The summed E-state index contributed by atoms with van der Waals surface area (Å²) >= 11 is 0. The maximum absolute atomic E-state index is 13.1. The molecule has 0 radical (unpaired) electrons. The average molecular weight is 466 g/mol. The first-order chi connectivity index (χ1) is 17.1. The average Bonchev–Trinajstić information content (AvgIpc) is 3.49. The van der Waals surface area contributed by atoms with Crippen LogP contribution in [0, 0.1) is 6.92 Å². The molecule has 6 heterocycles. The van der Waals surface area contributed by atoms with Crippen LogP contribution in [0.4, 0.5) is 0 Å². The molecular weight excluding hydrogens is 438 g/mol. The molecule has 1 saturated heterocycles. The molecule has 5 aromatic rings. The van der Waals surface area contributed by atoms with Gasteiger partial charge in [0.2, 0.25) is 0 Å². The number of aromatic nitrogens is 5. The van der Waals surface area contributed by atoms with Gasteiger partial charge < -0.3 is 15.2 Å². The molecule has 8 heteroatoms. The van der Waals surface area contributed by atoms with Crippen molar-refractivity contribution in [3.8, 4) is 22.3 Å². The molecule has 1 aliphatic rings. The van der Waals surface area contributed by atoms with Crippen molar-refractivity contribution >= 4 is 22.5 Å². The number of H-pyrrole nitrogens is 1. The van der Waals surface area contributed by atoms with Gasteiger partial charge in [-0.2, -0.15) is 5.10 Å². The summed E-state index contributed by atoms with van der Waals surface area (Å²) < 4.78 is 1.75. The number of pyridine rings is 3. The Morgan fingerprint density at radius 3 is 2.77 bits per heavy atom. The zero-order chi connectivity index (χ0) is 23.9. The maximum atomic E-state index is 13.1. The zero-order valence-corrected chi connectivity index (χ0v) is 19.8. The van der Waals surface area contributed by atoms with Gasteiger partial charge >= 0.3 is 0 Å². The lowest BCUT2D eigenvalue weighted by Gasteiger charge is -2.29. The van der Waals surface area contributed by atoms with Crippen molar-refractivity contribution in [3.63, 3.8) is 0 Å². The molecule has 176 valence electrons. The van der Waals surface area contributed by atoms with E-state index in [1.54, 1.807) is 16.9 Å². The van der Waals surface area contributed by atoms with Crippen LogP contribution in [-0.4, -0.2) is 61.6 Å². The Kier molecular flexibility index (Phi) is 5.30. The summed E-state index contributed by atoms with van der Waals surface area (Å²) in [5, 5.41) is 8.64. The van der Waals surface area contributed by atoms with Crippen molar-refractivity contribution < 1.29 is 4.79 Å².